The Labute approximate surface area is 158 Å². The normalized spacial score (nSPS) is 23.6. The van der Waals surface area contributed by atoms with E-state index < -0.39 is 23.4 Å². The number of rotatable bonds is 2. The molecule has 140 valence electrons. The summed E-state index contributed by atoms with van der Waals surface area (Å²) >= 11 is 0. The summed E-state index contributed by atoms with van der Waals surface area (Å²) in [6, 6.07) is 11.8. The van der Waals surface area contributed by atoms with Gasteiger partial charge in [-0.1, -0.05) is 49.9 Å². The number of fused-ring (bicyclic) bond motifs is 5. The van der Waals surface area contributed by atoms with Gasteiger partial charge in [0.25, 0.3) is 0 Å². The first-order chi connectivity index (χ1) is 13.0. The molecule has 0 amide bonds. The molecule has 2 aromatic carbocycles. The standard InChI is InChI=1S/C22H23NO4/c1-13-11-23-12-14(2)22(20(24)26-3,21(25)27-4)19(23)17-10-9-15-7-5-6-8-16(15)18(13)17/h5-10,13,19H,2,11-12H2,1,3-4H3/t13-,19-/m0/s1. The first kappa shape index (κ1) is 17.7. The quantitative estimate of drug-likeness (QED) is 0.465. The van der Waals surface area contributed by atoms with E-state index in [9.17, 15) is 9.59 Å². The maximum Gasteiger partial charge on any atom is 0.329 e. The zero-order valence-electron chi connectivity index (χ0n) is 15.8. The lowest BCUT2D eigenvalue weighted by atomic mass is 9.70. The van der Waals surface area contributed by atoms with Crippen LogP contribution in [0.1, 0.15) is 30.0 Å². The molecule has 0 radical (unpaired) electrons. The monoisotopic (exact) mass is 365 g/mol. The van der Waals surface area contributed by atoms with E-state index in [1.807, 2.05) is 24.3 Å². The Morgan fingerprint density at radius 1 is 1.11 bits per heavy atom. The molecule has 0 unspecified atom stereocenters. The lowest BCUT2D eigenvalue weighted by Gasteiger charge is -2.41. The van der Waals surface area contributed by atoms with Crippen LogP contribution >= 0.6 is 0 Å². The predicted molar refractivity (Wildman–Crippen MR) is 102 cm³/mol. The number of ether oxygens (including phenoxy) is 2. The summed E-state index contributed by atoms with van der Waals surface area (Å²) in [6.07, 6.45) is 0. The van der Waals surface area contributed by atoms with Gasteiger partial charge in [-0.05, 0) is 33.4 Å². The minimum Gasteiger partial charge on any atom is -0.468 e. The van der Waals surface area contributed by atoms with Crippen molar-refractivity contribution in [2.24, 2.45) is 5.41 Å². The fourth-order valence-corrected chi connectivity index (χ4v) is 4.99. The number of hydrogen-bond acceptors (Lipinski definition) is 5. The third-order valence-electron chi connectivity index (χ3n) is 6.04. The molecule has 27 heavy (non-hydrogen) atoms. The molecule has 4 rings (SSSR count). The van der Waals surface area contributed by atoms with Gasteiger partial charge in [-0.25, -0.2) is 0 Å². The zero-order valence-corrected chi connectivity index (χ0v) is 15.8. The molecule has 2 aromatic rings. The van der Waals surface area contributed by atoms with E-state index >= 15 is 0 Å². The van der Waals surface area contributed by atoms with Crippen LogP contribution in [-0.4, -0.2) is 44.1 Å². The van der Waals surface area contributed by atoms with Crippen LogP contribution < -0.4 is 0 Å². The number of hydrogen-bond donors (Lipinski definition) is 0. The van der Waals surface area contributed by atoms with Gasteiger partial charge in [0.05, 0.1) is 20.3 Å². The van der Waals surface area contributed by atoms with Gasteiger partial charge >= 0.3 is 11.9 Å². The Balaban J connectivity index is 2.03. The molecule has 2 aliphatic rings. The number of benzene rings is 2. The van der Waals surface area contributed by atoms with E-state index in [2.05, 4.69) is 30.5 Å². The third kappa shape index (κ3) is 2.21. The molecular formula is C22H23NO4. The fraction of sp³-hybridized carbons (Fsp3) is 0.364. The Morgan fingerprint density at radius 3 is 2.44 bits per heavy atom. The Hall–Kier alpha value is -2.66. The summed E-state index contributed by atoms with van der Waals surface area (Å²) < 4.78 is 10.2. The molecule has 0 spiro atoms. The van der Waals surface area contributed by atoms with Crippen molar-refractivity contribution in [3.05, 3.63) is 59.7 Å². The zero-order chi connectivity index (χ0) is 19.3. The first-order valence-electron chi connectivity index (χ1n) is 9.07. The highest BCUT2D eigenvalue weighted by Gasteiger charge is 2.64. The van der Waals surface area contributed by atoms with Gasteiger partial charge in [-0.15, -0.1) is 0 Å². The van der Waals surface area contributed by atoms with Crippen LogP contribution in [0.2, 0.25) is 0 Å². The lowest BCUT2D eigenvalue weighted by molar-refractivity contribution is -0.168. The van der Waals surface area contributed by atoms with Gasteiger partial charge in [0.1, 0.15) is 0 Å². The van der Waals surface area contributed by atoms with E-state index in [4.69, 9.17) is 9.47 Å². The van der Waals surface area contributed by atoms with Crippen molar-refractivity contribution >= 4 is 22.7 Å². The minimum absolute atomic E-state index is 0.265. The van der Waals surface area contributed by atoms with Crippen LogP contribution in [-0.2, 0) is 19.1 Å². The molecule has 2 heterocycles. The topological polar surface area (TPSA) is 55.8 Å². The molecular weight excluding hydrogens is 342 g/mol. The van der Waals surface area contributed by atoms with Gasteiger partial charge in [-0.2, -0.15) is 0 Å². The van der Waals surface area contributed by atoms with Crippen molar-refractivity contribution in [1.82, 2.24) is 4.90 Å². The molecule has 0 N–H and O–H groups in total. The molecule has 2 atom stereocenters. The summed E-state index contributed by atoms with van der Waals surface area (Å²) in [5.41, 5.74) is 1.14. The van der Waals surface area contributed by atoms with Crippen LogP contribution in [0.3, 0.4) is 0 Å². The van der Waals surface area contributed by atoms with E-state index in [1.165, 1.54) is 19.8 Å². The van der Waals surface area contributed by atoms with Gasteiger partial charge in [0.2, 0.25) is 5.41 Å². The summed E-state index contributed by atoms with van der Waals surface area (Å²) in [5, 5.41) is 2.30. The highest BCUT2D eigenvalue weighted by Crippen LogP contribution is 2.56. The molecule has 2 aliphatic heterocycles. The average Bonchev–Trinajstić information content (AvgIpc) is 2.98. The Morgan fingerprint density at radius 2 is 1.78 bits per heavy atom. The van der Waals surface area contributed by atoms with Gasteiger partial charge in [0.15, 0.2) is 0 Å². The number of esters is 2. The van der Waals surface area contributed by atoms with Gasteiger partial charge in [0, 0.05) is 13.1 Å². The average molecular weight is 365 g/mol. The van der Waals surface area contributed by atoms with Crippen LogP contribution in [0, 0.1) is 5.41 Å². The van der Waals surface area contributed by atoms with Crippen molar-refractivity contribution < 1.29 is 19.1 Å². The van der Waals surface area contributed by atoms with Crippen molar-refractivity contribution in [2.75, 3.05) is 27.3 Å². The van der Waals surface area contributed by atoms with Crippen molar-refractivity contribution in [2.45, 2.75) is 18.9 Å². The molecule has 5 heteroatoms. The predicted octanol–water partition coefficient (Wildman–Crippen LogP) is 3.20. The smallest absolute Gasteiger partial charge is 0.329 e. The van der Waals surface area contributed by atoms with Crippen LogP contribution in [0.4, 0.5) is 0 Å². The second-order valence-electron chi connectivity index (χ2n) is 7.42. The second-order valence-corrected chi connectivity index (χ2v) is 7.42. The van der Waals surface area contributed by atoms with Crippen LogP contribution in [0.25, 0.3) is 10.8 Å². The summed E-state index contributed by atoms with van der Waals surface area (Å²) in [6.45, 7) is 7.47. The SMILES string of the molecule is C=C1CN2C[C@H](C)c3c(ccc4ccccc34)[C@H]2C1(C(=O)OC)C(=O)OC. The molecule has 1 fully saturated rings. The van der Waals surface area contributed by atoms with E-state index in [-0.39, 0.29) is 5.92 Å². The first-order valence-corrected chi connectivity index (χ1v) is 9.07. The van der Waals surface area contributed by atoms with Crippen LogP contribution in [0.5, 0.6) is 0 Å². The van der Waals surface area contributed by atoms with E-state index in [0.29, 0.717) is 12.1 Å². The number of carbonyl (C=O) groups excluding carboxylic acids is 2. The number of methoxy groups -OCH3 is 2. The van der Waals surface area contributed by atoms with Crippen molar-refractivity contribution in [3.8, 4) is 0 Å². The molecule has 0 saturated carbocycles. The van der Waals surface area contributed by atoms with E-state index in [1.54, 1.807) is 0 Å². The maximum absolute atomic E-state index is 12.9. The fourth-order valence-electron chi connectivity index (χ4n) is 4.99. The molecule has 5 nitrogen and oxygen atoms in total. The lowest BCUT2D eigenvalue weighted by Crippen LogP contribution is -2.48. The Bertz CT molecular complexity index is 948. The van der Waals surface area contributed by atoms with Gasteiger partial charge < -0.3 is 9.47 Å². The second kappa shape index (κ2) is 6.20. The molecule has 0 aromatic heterocycles. The minimum atomic E-state index is -1.54. The highest BCUT2D eigenvalue weighted by molar-refractivity contribution is 6.05. The molecule has 0 bridgehead atoms. The van der Waals surface area contributed by atoms with Crippen LogP contribution in [0.15, 0.2) is 48.6 Å². The molecule has 0 aliphatic carbocycles. The number of nitrogens with zero attached hydrogens (tertiary/aromatic N) is 1. The third-order valence-corrected chi connectivity index (χ3v) is 6.04. The maximum atomic E-state index is 12.9. The number of carbonyl (C=O) groups is 2. The summed E-state index contributed by atoms with van der Waals surface area (Å²) in [7, 11) is 2.60. The Kier molecular flexibility index (Phi) is 4.07. The largest absolute Gasteiger partial charge is 0.468 e. The van der Waals surface area contributed by atoms with Gasteiger partial charge in [-0.3, -0.25) is 14.5 Å². The van der Waals surface area contributed by atoms with E-state index in [0.717, 1.165) is 22.9 Å². The summed E-state index contributed by atoms with van der Waals surface area (Å²) in [5.74, 6) is -0.956. The summed E-state index contributed by atoms with van der Waals surface area (Å²) in [4.78, 5) is 28.0. The van der Waals surface area contributed by atoms with Crippen molar-refractivity contribution in [1.29, 1.82) is 0 Å². The highest BCUT2D eigenvalue weighted by atomic mass is 16.5. The molecule has 1 saturated heterocycles. The van der Waals surface area contributed by atoms with Crippen molar-refractivity contribution in [3.63, 3.8) is 0 Å².